The Morgan fingerprint density at radius 3 is 2.60 bits per heavy atom. The first-order chi connectivity index (χ1) is 11.8. The minimum atomic E-state index is -3.44. The SMILES string of the molecule is CCS(=O)(=O)Nc1ccc(NC(=O)Cc2cccc(F)c2)cc1OC. The van der Waals surface area contributed by atoms with Gasteiger partial charge in [-0.25, -0.2) is 12.8 Å². The number of anilines is 2. The summed E-state index contributed by atoms with van der Waals surface area (Å²) in [4.78, 5) is 12.1. The molecule has 0 saturated carbocycles. The standard InChI is InChI=1S/C17H19FN2O4S/c1-3-25(22,23)20-15-8-7-14(11-16(15)24-2)19-17(21)10-12-5-4-6-13(18)9-12/h4-9,11,20H,3,10H2,1-2H3,(H,19,21). The topological polar surface area (TPSA) is 84.5 Å². The van der Waals surface area contributed by atoms with Gasteiger partial charge in [-0.05, 0) is 36.8 Å². The summed E-state index contributed by atoms with van der Waals surface area (Å²) in [6.45, 7) is 1.52. The third kappa shape index (κ3) is 5.46. The first-order valence-electron chi connectivity index (χ1n) is 7.56. The molecule has 2 aromatic rings. The smallest absolute Gasteiger partial charge is 0.232 e. The van der Waals surface area contributed by atoms with E-state index in [1.807, 2.05) is 0 Å². The molecular formula is C17H19FN2O4S. The van der Waals surface area contributed by atoms with Crippen LogP contribution in [0, 0.1) is 5.82 Å². The molecule has 0 atom stereocenters. The first-order valence-corrected chi connectivity index (χ1v) is 9.21. The molecule has 2 aromatic carbocycles. The van der Waals surface area contributed by atoms with Crippen LogP contribution in [0.1, 0.15) is 12.5 Å². The van der Waals surface area contributed by atoms with Gasteiger partial charge in [-0.1, -0.05) is 12.1 Å². The molecule has 0 heterocycles. The molecule has 0 aliphatic carbocycles. The van der Waals surface area contributed by atoms with Crippen molar-refractivity contribution in [2.24, 2.45) is 0 Å². The Hall–Kier alpha value is -2.61. The summed E-state index contributed by atoms with van der Waals surface area (Å²) in [6.07, 6.45) is 0.0181. The van der Waals surface area contributed by atoms with E-state index in [1.165, 1.54) is 44.4 Å². The van der Waals surface area contributed by atoms with Crippen LogP contribution in [0.4, 0.5) is 15.8 Å². The molecule has 1 amide bonds. The highest BCUT2D eigenvalue weighted by atomic mass is 32.2. The van der Waals surface area contributed by atoms with E-state index in [4.69, 9.17) is 4.74 Å². The van der Waals surface area contributed by atoms with Gasteiger partial charge in [0.15, 0.2) is 0 Å². The molecule has 0 bridgehead atoms. The van der Waals surface area contributed by atoms with Crippen LogP contribution in [0.3, 0.4) is 0 Å². The van der Waals surface area contributed by atoms with Gasteiger partial charge in [0.2, 0.25) is 15.9 Å². The molecule has 8 heteroatoms. The molecule has 0 aliphatic rings. The second kappa shape index (κ2) is 7.98. The number of nitrogens with one attached hydrogen (secondary N) is 2. The van der Waals surface area contributed by atoms with E-state index >= 15 is 0 Å². The Morgan fingerprint density at radius 1 is 1.20 bits per heavy atom. The van der Waals surface area contributed by atoms with Crippen molar-refractivity contribution in [3.8, 4) is 5.75 Å². The van der Waals surface area contributed by atoms with Crippen molar-refractivity contribution < 1.29 is 22.3 Å². The molecule has 0 unspecified atom stereocenters. The quantitative estimate of drug-likeness (QED) is 0.789. The lowest BCUT2D eigenvalue weighted by Crippen LogP contribution is -2.16. The Bertz CT molecular complexity index is 869. The van der Waals surface area contributed by atoms with Crippen molar-refractivity contribution in [3.05, 3.63) is 53.8 Å². The Balaban J connectivity index is 2.11. The fraction of sp³-hybridized carbons (Fsp3) is 0.235. The van der Waals surface area contributed by atoms with Crippen molar-refractivity contribution in [2.75, 3.05) is 22.9 Å². The minimum absolute atomic E-state index is 0.0181. The average Bonchev–Trinajstić information content (AvgIpc) is 2.56. The Morgan fingerprint density at radius 2 is 1.96 bits per heavy atom. The molecule has 0 aromatic heterocycles. The van der Waals surface area contributed by atoms with Gasteiger partial charge < -0.3 is 10.1 Å². The van der Waals surface area contributed by atoms with Gasteiger partial charge in [-0.3, -0.25) is 9.52 Å². The normalized spacial score (nSPS) is 11.0. The van der Waals surface area contributed by atoms with Gasteiger partial charge in [0.05, 0.1) is 25.0 Å². The lowest BCUT2D eigenvalue weighted by Gasteiger charge is -2.13. The number of halogens is 1. The number of hydrogen-bond donors (Lipinski definition) is 2. The van der Waals surface area contributed by atoms with Crippen molar-refractivity contribution >= 4 is 27.3 Å². The van der Waals surface area contributed by atoms with Gasteiger partial charge in [-0.2, -0.15) is 0 Å². The van der Waals surface area contributed by atoms with E-state index in [2.05, 4.69) is 10.0 Å². The molecule has 0 aliphatic heterocycles. The predicted molar refractivity (Wildman–Crippen MR) is 94.8 cm³/mol. The van der Waals surface area contributed by atoms with Crippen LogP contribution in [-0.4, -0.2) is 27.2 Å². The van der Waals surface area contributed by atoms with Crippen LogP contribution in [0.15, 0.2) is 42.5 Å². The van der Waals surface area contributed by atoms with Crippen molar-refractivity contribution in [2.45, 2.75) is 13.3 Å². The third-order valence-electron chi connectivity index (χ3n) is 3.38. The highest BCUT2D eigenvalue weighted by Gasteiger charge is 2.13. The van der Waals surface area contributed by atoms with Crippen LogP contribution in [0.5, 0.6) is 5.75 Å². The Labute approximate surface area is 146 Å². The second-order valence-corrected chi connectivity index (χ2v) is 7.29. The minimum Gasteiger partial charge on any atom is -0.494 e. The van der Waals surface area contributed by atoms with Crippen molar-refractivity contribution in [3.63, 3.8) is 0 Å². The fourth-order valence-corrected chi connectivity index (χ4v) is 2.78. The monoisotopic (exact) mass is 366 g/mol. The molecule has 0 fully saturated rings. The van der Waals surface area contributed by atoms with Crippen molar-refractivity contribution in [1.29, 1.82) is 0 Å². The molecule has 0 radical (unpaired) electrons. The summed E-state index contributed by atoms with van der Waals surface area (Å²) in [5.74, 6) is -0.517. The number of carbonyl (C=O) groups is 1. The predicted octanol–water partition coefficient (Wildman–Crippen LogP) is 2.78. The molecule has 2 rings (SSSR count). The number of amides is 1. The number of benzene rings is 2. The maximum absolute atomic E-state index is 13.1. The van der Waals surface area contributed by atoms with E-state index in [1.54, 1.807) is 12.1 Å². The summed E-state index contributed by atoms with van der Waals surface area (Å²) in [5.41, 5.74) is 1.28. The molecule has 0 spiro atoms. The van der Waals surface area contributed by atoms with Crippen molar-refractivity contribution in [1.82, 2.24) is 0 Å². The van der Waals surface area contributed by atoms with Crippen LogP contribution < -0.4 is 14.8 Å². The summed E-state index contributed by atoms with van der Waals surface area (Å²) >= 11 is 0. The van der Waals surface area contributed by atoms with Crippen LogP contribution >= 0.6 is 0 Å². The fourth-order valence-electron chi connectivity index (χ4n) is 2.13. The number of carbonyl (C=O) groups excluding carboxylic acids is 1. The first kappa shape index (κ1) is 18.7. The average molecular weight is 366 g/mol. The summed E-state index contributed by atoms with van der Waals surface area (Å²) < 4.78 is 44.0. The lowest BCUT2D eigenvalue weighted by molar-refractivity contribution is -0.115. The molecule has 2 N–H and O–H groups in total. The van der Waals surface area contributed by atoms with E-state index in [0.29, 0.717) is 11.3 Å². The zero-order chi connectivity index (χ0) is 18.4. The van der Waals surface area contributed by atoms with Gasteiger partial charge >= 0.3 is 0 Å². The van der Waals surface area contributed by atoms with Crippen LogP contribution in [0.2, 0.25) is 0 Å². The highest BCUT2D eigenvalue weighted by Crippen LogP contribution is 2.29. The van der Waals surface area contributed by atoms with E-state index in [0.717, 1.165) is 0 Å². The van der Waals surface area contributed by atoms with Crippen LogP contribution in [-0.2, 0) is 21.2 Å². The number of hydrogen-bond acceptors (Lipinski definition) is 4. The second-order valence-electron chi connectivity index (χ2n) is 5.28. The Kier molecular flexibility index (Phi) is 5.97. The summed E-state index contributed by atoms with van der Waals surface area (Å²) in [7, 11) is -2.04. The molecule has 134 valence electrons. The summed E-state index contributed by atoms with van der Waals surface area (Å²) in [6, 6.07) is 10.4. The van der Waals surface area contributed by atoms with Gasteiger partial charge in [0, 0.05) is 11.8 Å². The summed E-state index contributed by atoms with van der Waals surface area (Å²) in [5, 5.41) is 2.67. The van der Waals surface area contributed by atoms with Crippen LogP contribution in [0.25, 0.3) is 0 Å². The van der Waals surface area contributed by atoms with Gasteiger partial charge in [0.25, 0.3) is 0 Å². The van der Waals surface area contributed by atoms with E-state index in [-0.39, 0.29) is 29.5 Å². The zero-order valence-electron chi connectivity index (χ0n) is 13.9. The number of sulfonamides is 1. The van der Waals surface area contributed by atoms with E-state index < -0.39 is 15.8 Å². The number of methoxy groups -OCH3 is 1. The third-order valence-corrected chi connectivity index (χ3v) is 4.68. The number of rotatable bonds is 7. The zero-order valence-corrected chi connectivity index (χ0v) is 14.7. The molecule has 0 saturated heterocycles. The molecule has 6 nitrogen and oxygen atoms in total. The van der Waals surface area contributed by atoms with Gasteiger partial charge in [-0.15, -0.1) is 0 Å². The molecular weight excluding hydrogens is 347 g/mol. The number of ether oxygens (including phenoxy) is 1. The lowest BCUT2D eigenvalue weighted by atomic mass is 10.1. The van der Waals surface area contributed by atoms with E-state index in [9.17, 15) is 17.6 Å². The largest absolute Gasteiger partial charge is 0.494 e. The highest BCUT2D eigenvalue weighted by molar-refractivity contribution is 7.92. The maximum atomic E-state index is 13.1. The molecule has 25 heavy (non-hydrogen) atoms. The maximum Gasteiger partial charge on any atom is 0.232 e. The van der Waals surface area contributed by atoms with Gasteiger partial charge in [0.1, 0.15) is 11.6 Å².